The molecule has 1 aromatic rings. The van der Waals surface area contributed by atoms with Gasteiger partial charge in [-0.15, -0.1) is 6.58 Å². The molecule has 0 saturated heterocycles. The van der Waals surface area contributed by atoms with Crippen LogP contribution in [0.2, 0.25) is 0 Å². The predicted octanol–water partition coefficient (Wildman–Crippen LogP) is 2.55. The standard InChI is InChI=1S/C13H17F2NO/c1-3-7-16-12(4-2)13(17)10-8-9(14)5-6-11(10)15/h3,5-6,8,12-13,16-17H,1,4,7H2,2H3. The van der Waals surface area contributed by atoms with Crippen molar-refractivity contribution in [3.05, 3.63) is 48.1 Å². The highest BCUT2D eigenvalue weighted by atomic mass is 19.1. The zero-order chi connectivity index (χ0) is 12.8. The number of halogens is 2. The van der Waals surface area contributed by atoms with Crippen LogP contribution in [0.5, 0.6) is 0 Å². The van der Waals surface area contributed by atoms with E-state index in [9.17, 15) is 13.9 Å². The first kappa shape index (κ1) is 13.8. The lowest BCUT2D eigenvalue weighted by atomic mass is 9.99. The third-order valence-electron chi connectivity index (χ3n) is 2.62. The van der Waals surface area contributed by atoms with E-state index in [0.717, 1.165) is 18.2 Å². The van der Waals surface area contributed by atoms with Crippen LogP contribution in [0.25, 0.3) is 0 Å². The van der Waals surface area contributed by atoms with E-state index in [4.69, 9.17) is 0 Å². The van der Waals surface area contributed by atoms with Gasteiger partial charge in [-0.05, 0) is 24.6 Å². The highest BCUT2D eigenvalue weighted by Crippen LogP contribution is 2.22. The summed E-state index contributed by atoms with van der Waals surface area (Å²) >= 11 is 0. The second-order valence-electron chi connectivity index (χ2n) is 3.82. The summed E-state index contributed by atoms with van der Waals surface area (Å²) in [7, 11) is 0. The minimum Gasteiger partial charge on any atom is -0.387 e. The maximum atomic E-state index is 13.5. The van der Waals surface area contributed by atoms with Gasteiger partial charge >= 0.3 is 0 Å². The smallest absolute Gasteiger partial charge is 0.129 e. The van der Waals surface area contributed by atoms with E-state index >= 15 is 0 Å². The van der Waals surface area contributed by atoms with Crippen molar-refractivity contribution in [1.82, 2.24) is 5.32 Å². The first-order chi connectivity index (χ1) is 8.10. The average Bonchev–Trinajstić information content (AvgIpc) is 2.33. The average molecular weight is 241 g/mol. The molecule has 2 atom stereocenters. The van der Waals surface area contributed by atoms with Crippen molar-refractivity contribution in [2.75, 3.05) is 6.54 Å². The van der Waals surface area contributed by atoms with Crippen LogP contribution in [-0.2, 0) is 0 Å². The summed E-state index contributed by atoms with van der Waals surface area (Å²) in [6, 6.07) is 2.75. The molecule has 0 heterocycles. The number of rotatable bonds is 6. The lowest BCUT2D eigenvalue weighted by Gasteiger charge is -2.23. The lowest BCUT2D eigenvalue weighted by molar-refractivity contribution is 0.124. The van der Waals surface area contributed by atoms with Gasteiger partial charge in [0.25, 0.3) is 0 Å². The number of benzene rings is 1. The number of aliphatic hydroxyl groups is 1. The summed E-state index contributed by atoms with van der Waals surface area (Å²) in [5.41, 5.74) is -0.0200. The number of hydrogen-bond donors (Lipinski definition) is 2. The molecule has 4 heteroatoms. The molecule has 17 heavy (non-hydrogen) atoms. The van der Waals surface area contributed by atoms with Crippen molar-refractivity contribution in [3.63, 3.8) is 0 Å². The topological polar surface area (TPSA) is 32.3 Å². The van der Waals surface area contributed by atoms with Crippen molar-refractivity contribution in [2.45, 2.75) is 25.5 Å². The van der Waals surface area contributed by atoms with Gasteiger partial charge in [-0.2, -0.15) is 0 Å². The van der Waals surface area contributed by atoms with Crippen LogP contribution in [0.1, 0.15) is 25.0 Å². The summed E-state index contributed by atoms with van der Waals surface area (Å²) in [6.45, 7) is 5.92. The van der Waals surface area contributed by atoms with Crippen LogP contribution in [0.15, 0.2) is 30.9 Å². The van der Waals surface area contributed by atoms with E-state index in [-0.39, 0.29) is 11.6 Å². The number of aliphatic hydroxyl groups excluding tert-OH is 1. The van der Waals surface area contributed by atoms with Gasteiger partial charge in [0, 0.05) is 18.2 Å². The van der Waals surface area contributed by atoms with Gasteiger partial charge in [0.2, 0.25) is 0 Å². The van der Waals surface area contributed by atoms with Gasteiger partial charge in [-0.3, -0.25) is 0 Å². The number of hydrogen-bond acceptors (Lipinski definition) is 2. The Kier molecular flexibility index (Phi) is 5.25. The summed E-state index contributed by atoms with van der Waals surface area (Å²) in [6.07, 6.45) is 1.18. The van der Waals surface area contributed by atoms with Crippen LogP contribution in [-0.4, -0.2) is 17.7 Å². The Morgan fingerprint density at radius 3 is 2.76 bits per heavy atom. The second kappa shape index (κ2) is 6.47. The second-order valence-corrected chi connectivity index (χ2v) is 3.82. The largest absolute Gasteiger partial charge is 0.387 e. The van der Waals surface area contributed by atoms with Gasteiger partial charge in [0.15, 0.2) is 0 Å². The Labute approximate surface area is 100.0 Å². The molecule has 1 rings (SSSR count). The van der Waals surface area contributed by atoms with Gasteiger partial charge in [-0.1, -0.05) is 13.0 Å². The molecule has 0 spiro atoms. The predicted molar refractivity (Wildman–Crippen MR) is 63.6 cm³/mol. The van der Waals surface area contributed by atoms with E-state index in [2.05, 4.69) is 11.9 Å². The molecule has 1 aromatic carbocycles. The minimum atomic E-state index is -1.07. The molecule has 0 aliphatic heterocycles. The molecule has 2 nitrogen and oxygen atoms in total. The quantitative estimate of drug-likeness (QED) is 0.750. The van der Waals surface area contributed by atoms with Crippen molar-refractivity contribution < 1.29 is 13.9 Å². The SMILES string of the molecule is C=CCNC(CC)C(O)c1cc(F)ccc1F. The molecule has 0 aliphatic rings. The fraction of sp³-hybridized carbons (Fsp3) is 0.385. The molecular weight excluding hydrogens is 224 g/mol. The lowest BCUT2D eigenvalue weighted by Crippen LogP contribution is -2.34. The number of nitrogens with one attached hydrogen (secondary N) is 1. The fourth-order valence-corrected chi connectivity index (χ4v) is 1.67. The van der Waals surface area contributed by atoms with E-state index in [1.54, 1.807) is 6.08 Å². The molecule has 0 radical (unpaired) electrons. The van der Waals surface area contributed by atoms with Crippen molar-refractivity contribution in [2.24, 2.45) is 0 Å². The molecule has 0 aromatic heterocycles. The Morgan fingerprint density at radius 2 is 2.18 bits per heavy atom. The van der Waals surface area contributed by atoms with E-state index in [1.807, 2.05) is 6.92 Å². The van der Waals surface area contributed by atoms with Gasteiger partial charge < -0.3 is 10.4 Å². The Bertz CT molecular complexity index is 382. The van der Waals surface area contributed by atoms with Crippen LogP contribution < -0.4 is 5.32 Å². The maximum absolute atomic E-state index is 13.5. The minimum absolute atomic E-state index is 0.0200. The molecule has 0 saturated carbocycles. The van der Waals surface area contributed by atoms with E-state index < -0.39 is 17.7 Å². The first-order valence-corrected chi connectivity index (χ1v) is 5.57. The summed E-state index contributed by atoms with van der Waals surface area (Å²) in [4.78, 5) is 0. The monoisotopic (exact) mass is 241 g/mol. The highest BCUT2D eigenvalue weighted by molar-refractivity contribution is 5.22. The van der Waals surface area contributed by atoms with E-state index in [1.165, 1.54) is 0 Å². The van der Waals surface area contributed by atoms with Crippen molar-refractivity contribution >= 4 is 0 Å². The zero-order valence-electron chi connectivity index (χ0n) is 9.79. The van der Waals surface area contributed by atoms with Crippen LogP contribution in [0.3, 0.4) is 0 Å². The molecule has 0 bridgehead atoms. The first-order valence-electron chi connectivity index (χ1n) is 5.57. The van der Waals surface area contributed by atoms with Gasteiger partial charge in [-0.25, -0.2) is 8.78 Å². The van der Waals surface area contributed by atoms with Crippen LogP contribution in [0.4, 0.5) is 8.78 Å². The summed E-state index contributed by atoms with van der Waals surface area (Å²) in [5, 5.41) is 13.0. The summed E-state index contributed by atoms with van der Waals surface area (Å²) < 4.78 is 26.5. The van der Waals surface area contributed by atoms with Gasteiger partial charge in [0.1, 0.15) is 11.6 Å². The van der Waals surface area contributed by atoms with Crippen molar-refractivity contribution in [1.29, 1.82) is 0 Å². The summed E-state index contributed by atoms with van der Waals surface area (Å²) in [5.74, 6) is -1.16. The Balaban J connectivity index is 2.88. The van der Waals surface area contributed by atoms with Gasteiger partial charge in [0.05, 0.1) is 6.10 Å². The highest BCUT2D eigenvalue weighted by Gasteiger charge is 2.21. The van der Waals surface area contributed by atoms with Crippen molar-refractivity contribution in [3.8, 4) is 0 Å². The maximum Gasteiger partial charge on any atom is 0.129 e. The molecule has 2 unspecified atom stereocenters. The molecular formula is C13H17F2NO. The normalized spacial score (nSPS) is 14.4. The van der Waals surface area contributed by atoms with E-state index in [0.29, 0.717) is 13.0 Å². The molecule has 2 N–H and O–H groups in total. The molecule has 0 fully saturated rings. The fourth-order valence-electron chi connectivity index (χ4n) is 1.67. The molecule has 0 amide bonds. The third kappa shape index (κ3) is 3.61. The van der Waals surface area contributed by atoms with Crippen LogP contribution in [0, 0.1) is 11.6 Å². The Hall–Kier alpha value is -1.26. The van der Waals surface area contributed by atoms with Crippen LogP contribution >= 0.6 is 0 Å². The molecule has 0 aliphatic carbocycles. The zero-order valence-corrected chi connectivity index (χ0v) is 9.79. The Morgan fingerprint density at radius 1 is 1.47 bits per heavy atom. The molecule has 94 valence electrons. The third-order valence-corrected chi connectivity index (χ3v) is 2.62.